The summed E-state index contributed by atoms with van der Waals surface area (Å²) in [5.74, 6) is -3.30. The van der Waals surface area contributed by atoms with Crippen molar-refractivity contribution in [3.05, 3.63) is 88.5 Å². The van der Waals surface area contributed by atoms with Crippen LogP contribution in [0.15, 0.2) is 71.8 Å². The molecular formula is C42H39N5O12. The standard InChI is InChI=1S/C42H39N5O12/c1-19(48)54-17-32-31(55-20(2)49)16-33(59-32)47-18-43-36-40(47)45-42(46-41(36)53)44-35-34-28(37(56-21(3)50)39(58-23(5)52)38(35)57-22(4)51)13-12-26-14-25-11-10-24-8-6-7-9-27(24)29(25)15-30(26)34/h6-15,18,31-33,35,37-39H,16-17H2,1-5H3,(H2,44,45,46,53)/t31-,32+,33+,35+,37+,38+,39-/m0/s1. The second-order valence-corrected chi connectivity index (χ2v) is 14.5. The van der Waals surface area contributed by atoms with Crippen LogP contribution in [0.25, 0.3) is 43.5 Å². The fraction of sp³-hybridized carbons (Fsp3) is 0.333. The molecule has 1 saturated heterocycles. The van der Waals surface area contributed by atoms with Gasteiger partial charge in [0.1, 0.15) is 25.0 Å². The zero-order valence-corrected chi connectivity index (χ0v) is 32.5. The second kappa shape index (κ2) is 15.5. The Kier molecular flexibility index (Phi) is 10.2. The lowest BCUT2D eigenvalue weighted by atomic mass is 9.78. The van der Waals surface area contributed by atoms with Crippen LogP contribution in [0.3, 0.4) is 0 Å². The van der Waals surface area contributed by atoms with E-state index >= 15 is 0 Å². The van der Waals surface area contributed by atoms with E-state index in [1.807, 2.05) is 54.6 Å². The summed E-state index contributed by atoms with van der Waals surface area (Å²) in [6.45, 7) is 5.92. The first-order valence-electron chi connectivity index (χ1n) is 18.8. The number of fused-ring (bicyclic) bond motifs is 7. The normalized spacial score (nSPS) is 22.5. The number of imidazole rings is 1. The first-order valence-corrected chi connectivity index (χ1v) is 18.8. The van der Waals surface area contributed by atoms with Gasteiger partial charge < -0.3 is 33.7 Å². The van der Waals surface area contributed by atoms with Crippen LogP contribution in [-0.2, 0) is 52.4 Å². The largest absolute Gasteiger partial charge is 0.463 e. The van der Waals surface area contributed by atoms with Gasteiger partial charge in [-0.05, 0) is 50.0 Å². The third-order valence-electron chi connectivity index (χ3n) is 10.4. The lowest BCUT2D eigenvalue weighted by molar-refractivity contribution is -0.187. The highest BCUT2D eigenvalue weighted by Gasteiger charge is 2.50. The first kappa shape index (κ1) is 39.0. The maximum Gasteiger partial charge on any atom is 0.303 e. The zero-order valence-electron chi connectivity index (χ0n) is 32.5. The summed E-state index contributed by atoms with van der Waals surface area (Å²) in [7, 11) is 0. The lowest BCUT2D eigenvalue weighted by Crippen LogP contribution is -2.50. The van der Waals surface area contributed by atoms with Crippen molar-refractivity contribution in [2.45, 2.75) is 83.8 Å². The molecule has 1 fully saturated rings. The van der Waals surface area contributed by atoms with Gasteiger partial charge in [0, 0.05) is 46.6 Å². The molecule has 2 N–H and O–H groups in total. The molecule has 0 saturated carbocycles. The number of carbonyl (C=O) groups excluding carboxylic acids is 5. The van der Waals surface area contributed by atoms with Gasteiger partial charge in [0.05, 0.1) is 12.4 Å². The van der Waals surface area contributed by atoms with Gasteiger partial charge in [-0.1, -0.05) is 48.5 Å². The summed E-state index contributed by atoms with van der Waals surface area (Å²) in [6, 6.07) is 18.6. The molecule has 0 radical (unpaired) electrons. The van der Waals surface area contributed by atoms with Crippen LogP contribution in [0.1, 0.15) is 70.5 Å². The van der Waals surface area contributed by atoms with E-state index in [2.05, 4.69) is 15.3 Å². The molecule has 59 heavy (non-hydrogen) atoms. The van der Waals surface area contributed by atoms with Crippen molar-refractivity contribution in [3.8, 4) is 0 Å². The summed E-state index contributed by atoms with van der Waals surface area (Å²) in [6.07, 6.45) is -4.86. The van der Waals surface area contributed by atoms with E-state index in [0.717, 1.165) is 26.9 Å². The predicted molar refractivity (Wildman–Crippen MR) is 210 cm³/mol. The summed E-state index contributed by atoms with van der Waals surface area (Å²) in [5, 5.41) is 8.66. The Morgan fingerprint density at radius 1 is 0.780 bits per heavy atom. The van der Waals surface area contributed by atoms with E-state index in [4.69, 9.17) is 33.4 Å². The molecule has 304 valence electrons. The third-order valence-corrected chi connectivity index (χ3v) is 10.4. The number of hydrogen-bond acceptors (Lipinski definition) is 15. The second-order valence-electron chi connectivity index (χ2n) is 14.5. The molecule has 0 unspecified atom stereocenters. The van der Waals surface area contributed by atoms with Crippen LogP contribution in [0.5, 0.6) is 0 Å². The van der Waals surface area contributed by atoms with Gasteiger partial charge in [-0.25, -0.2) is 4.98 Å². The number of nitrogens with one attached hydrogen (secondary N) is 2. The molecule has 7 atom stereocenters. The number of hydrogen-bond donors (Lipinski definition) is 2. The average Bonchev–Trinajstić information content (AvgIpc) is 3.78. The quantitative estimate of drug-likeness (QED) is 0.0851. The smallest absolute Gasteiger partial charge is 0.303 e. The van der Waals surface area contributed by atoms with Gasteiger partial charge in [-0.3, -0.25) is 38.3 Å². The molecule has 3 heterocycles. The van der Waals surface area contributed by atoms with Gasteiger partial charge in [-0.15, -0.1) is 0 Å². The van der Waals surface area contributed by atoms with Crippen molar-refractivity contribution in [3.63, 3.8) is 0 Å². The predicted octanol–water partition coefficient (Wildman–Crippen LogP) is 5.00. The molecule has 8 rings (SSSR count). The number of carbonyl (C=O) groups is 5. The average molecular weight is 806 g/mol. The van der Waals surface area contributed by atoms with Crippen LogP contribution >= 0.6 is 0 Å². The Morgan fingerprint density at radius 3 is 2.19 bits per heavy atom. The summed E-state index contributed by atoms with van der Waals surface area (Å²) in [5.41, 5.74) is 0.408. The van der Waals surface area contributed by atoms with Gasteiger partial charge in [0.25, 0.3) is 5.56 Å². The summed E-state index contributed by atoms with van der Waals surface area (Å²) >= 11 is 0. The van der Waals surface area contributed by atoms with Gasteiger partial charge in [0.15, 0.2) is 29.5 Å². The van der Waals surface area contributed by atoms with Crippen LogP contribution < -0.4 is 10.9 Å². The Hall–Kier alpha value is -6.88. The van der Waals surface area contributed by atoms with Crippen molar-refractivity contribution in [1.29, 1.82) is 0 Å². The van der Waals surface area contributed by atoms with Gasteiger partial charge in [-0.2, -0.15) is 4.98 Å². The maximum absolute atomic E-state index is 13.7. The van der Waals surface area contributed by atoms with Crippen LogP contribution in [-0.4, -0.2) is 80.4 Å². The monoisotopic (exact) mass is 805 g/mol. The van der Waals surface area contributed by atoms with E-state index in [1.165, 1.54) is 45.5 Å². The van der Waals surface area contributed by atoms with Crippen molar-refractivity contribution >= 4 is 79.3 Å². The Balaban J connectivity index is 1.30. The molecule has 0 bridgehead atoms. The summed E-state index contributed by atoms with van der Waals surface area (Å²) in [4.78, 5) is 87.3. The fourth-order valence-electron chi connectivity index (χ4n) is 8.19. The van der Waals surface area contributed by atoms with Gasteiger partial charge >= 0.3 is 29.8 Å². The number of aromatic amines is 1. The number of rotatable bonds is 9. The molecular weight excluding hydrogens is 766 g/mol. The molecule has 1 aliphatic heterocycles. The van der Waals surface area contributed by atoms with Crippen LogP contribution in [0.2, 0.25) is 0 Å². The number of H-pyrrole nitrogens is 1. The molecule has 17 heteroatoms. The minimum atomic E-state index is -1.34. The summed E-state index contributed by atoms with van der Waals surface area (Å²) < 4.78 is 36.0. The van der Waals surface area contributed by atoms with E-state index in [1.54, 1.807) is 6.07 Å². The van der Waals surface area contributed by atoms with Gasteiger partial charge in [0.2, 0.25) is 5.95 Å². The number of esters is 5. The highest BCUT2D eigenvalue weighted by atomic mass is 16.6. The molecule has 2 aliphatic rings. The Morgan fingerprint density at radius 2 is 1.46 bits per heavy atom. The van der Waals surface area contributed by atoms with E-state index in [0.29, 0.717) is 16.5 Å². The Bertz CT molecular complexity index is 2760. The van der Waals surface area contributed by atoms with E-state index in [-0.39, 0.29) is 30.1 Å². The molecule has 1 aliphatic carbocycles. The number of nitrogens with zero attached hydrogens (tertiary/aromatic N) is 3. The molecule has 6 aromatic rings. The minimum absolute atomic E-state index is 0.0382. The van der Waals surface area contributed by atoms with Crippen molar-refractivity contribution in [2.24, 2.45) is 0 Å². The van der Waals surface area contributed by atoms with Crippen molar-refractivity contribution in [1.82, 2.24) is 19.5 Å². The molecule has 2 aromatic heterocycles. The first-order chi connectivity index (χ1) is 28.2. The van der Waals surface area contributed by atoms with E-state index < -0.39 is 78.2 Å². The molecule has 0 amide bonds. The van der Waals surface area contributed by atoms with Crippen molar-refractivity contribution in [2.75, 3.05) is 11.9 Å². The SMILES string of the molecule is CC(=O)OC[C@H]1O[C@@H](n2cnc3c(=O)[nH]c(N[C@@H]4c5c(ccc6cc7ccc8ccccc8c7cc56)[C@@H](OC(C)=O)[C@H](OC(C)=O)[C@@H]4OC(C)=O)nc32)C[C@@H]1OC(C)=O. The zero-order chi connectivity index (χ0) is 41.7. The number of benzene rings is 4. The van der Waals surface area contributed by atoms with Crippen LogP contribution in [0.4, 0.5) is 5.95 Å². The number of ether oxygens (including phenoxy) is 6. The van der Waals surface area contributed by atoms with E-state index in [9.17, 15) is 28.8 Å². The molecule has 4 aromatic carbocycles. The van der Waals surface area contributed by atoms with Crippen LogP contribution in [0, 0.1) is 0 Å². The Labute approximate surface area is 334 Å². The number of anilines is 1. The maximum atomic E-state index is 13.7. The third kappa shape index (κ3) is 7.51. The minimum Gasteiger partial charge on any atom is -0.463 e. The highest BCUT2D eigenvalue weighted by Crippen LogP contribution is 2.47. The number of aromatic nitrogens is 4. The van der Waals surface area contributed by atoms with Crippen molar-refractivity contribution < 1.29 is 52.4 Å². The fourth-order valence-corrected chi connectivity index (χ4v) is 8.19. The highest BCUT2D eigenvalue weighted by molar-refractivity contribution is 6.12. The topological polar surface area (TPSA) is 216 Å². The lowest BCUT2D eigenvalue weighted by Gasteiger charge is -2.42. The molecule has 17 nitrogen and oxygen atoms in total. The molecule has 0 spiro atoms.